The molecule has 0 aromatic rings. The van der Waals surface area contributed by atoms with Crippen molar-refractivity contribution in [3.05, 3.63) is 0 Å². The van der Waals surface area contributed by atoms with E-state index in [0.717, 1.165) is 25.7 Å². The lowest BCUT2D eigenvalue weighted by Crippen LogP contribution is -2.48. The van der Waals surface area contributed by atoms with Crippen molar-refractivity contribution >= 4 is 5.91 Å². The van der Waals surface area contributed by atoms with Crippen LogP contribution < -0.4 is 11.1 Å². The van der Waals surface area contributed by atoms with Gasteiger partial charge in [-0.2, -0.15) is 0 Å². The van der Waals surface area contributed by atoms with E-state index in [1.165, 1.54) is 0 Å². The molecule has 1 saturated carbocycles. The zero-order valence-corrected chi connectivity index (χ0v) is 9.46. The molecule has 0 heterocycles. The van der Waals surface area contributed by atoms with Crippen molar-refractivity contribution in [2.75, 3.05) is 13.1 Å². The molecule has 0 saturated heterocycles. The Kier molecular flexibility index (Phi) is 4.54. The van der Waals surface area contributed by atoms with Crippen LogP contribution in [0.3, 0.4) is 0 Å². The summed E-state index contributed by atoms with van der Waals surface area (Å²) in [6.07, 6.45) is 4.08. The van der Waals surface area contributed by atoms with Gasteiger partial charge in [-0.15, -0.1) is 0 Å². The maximum Gasteiger partial charge on any atom is 0.220 e. The Labute approximate surface area is 91.2 Å². The van der Waals surface area contributed by atoms with E-state index in [1.54, 1.807) is 0 Å². The molecule has 1 atom stereocenters. The Morgan fingerprint density at radius 1 is 1.60 bits per heavy atom. The van der Waals surface area contributed by atoms with E-state index in [0.29, 0.717) is 19.5 Å². The quantitative estimate of drug-likeness (QED) is 0.599. The summed E-state index contributed by atoms with van der Waals surface area (Å²) < 4.78 is 0. The zero-order chi connectivity index (χ0) is 11.3. The Balaban J connectivity index is 2.18. The molecule has 88 valence electrons. The van der Waals surface area contributed by atoms with Crippen molar-refractivity contribution < 1.29 is 9.90 Å². The van der Waals surface area contributed by atoms with Crippen LogP contribution >= 0.6 is 0 Å². The van der Waals surface area contributed by atoms with Gasteiger partial charge in [-0.05, 0) is 31.7 Å². The molecular weight excluding hydrogens is 192 g/mol. The molecule has 0 aliphatic heterocycles. The van der Waals surface area contributed by atoms with Gasteiger partial charge in [0.15, 0.2) is 0 Å². The smallest absolute Gasteiger partial charge is 0.220 e. The molecule has 4 heteroatoms. The van der Waals surface area contributed by atoms with E-state index >= 15 is 0 Å². The van der Waals surface area contributed by atoms with Crippen LogP contribution in [0.4, 0.5) is 0 Å². The zero-order valence-electron chi connectivity index (χ0n) is 9.46. The summed E-state index contributed by atoms with van der Waals surface area (Å²) in [5.41, 5.74) is 4.90. The standard InChI is InChI=1S/C11H22N2O2/c1-2-9(7-12)6-10(14)13-8-11(15)4-3-5-11/h9,15H,2-8,12H2,1H3,(H,13,14). The van der Waals surface area contributed by atoms with Gasteiger partial charge in [-0.1, -0.05) is 13.3 Å². The average molecular weight is 214 g/mol. The minimum Gasteiger partial charge on any atom is -0.388 e. The van der Waals surface area contributed by atoms with E-state index < -0.39 is 5.60 Å². The van der Waals surface area contributed by atoms with Gasteiger partial charge in [0.1, 0.15) is 0 Å². The Morgan fingerprint density at radius 2 is 2.27 bits per heavy atom. The van der Waals surface area contributed by atoms with E-state index in [-0.39, 0.29) is 11.8 Å². The third kappa shape index (κ3) is 3.80. The third-order valence-electron chi connectivity index (χ3n) is 3.28. The summed E-state index contributed by atoms with van der Waals surface area (Å²) >= 11 is 0. The minimum absolute atomic E-state index is 0.00706. The maximum absolute atomic E-state index is 11.5. The molecule has 1 aliphatic rings. The molecule has 0 aromatic heterocycles. The fraction of sp³-hybridized carbons (Fsp3) is 0.909. The molecule has 1 amide bonds. The maximum atomic E-state index is 11.5. The number of nitrogens with two attached hydrogens (primary N) is 1. The van der Waals surface area contributed by atoms with Gasteiger partial charge in [0.2, 0.25) is 5.91 Å². The highest BCUT2D eigenvalue weighted by Crippen LogP contribution is 2.30. The summed E-state index contributed by atoms with van der Waals surface area (Å²) in [5, 5.41) is 12.5. The van der Waals surface area contributed by atoms with Crippen LogP contribution in [0.25, 0.3) is 0 Å². The molecule has 4 N–H and O–H groups in total. The summed E-state index contributed by atoms with van der Waals surface area (Å²) in [7, 11) is 0. The highest BCUT2D eigenvalue weighted by atomic mass is 16.3. The first-order valence-corrected chi connectivity index (χ1v) is 5.79. The highest BCUT2D eigenvalue weighted by molar-refractivity contribution is 5.76. The first-order valence-electron chi connectivity index (χ1n) is 5.79. The van der Waals surface area contributed by atoms with Gasteiger partial charge < -0.3 is 16.2 Å². The molecule has 1 unspecified atom stereocenters. The van der Waals surface area contributed by atoms with Crippen LogP contribution in [-0.2, 0) is 4.79 Å². The lowest BCUT2D eigenvalue weighted by Gasteiger charge is -2.36. The summed E-state index contributed by atoms with van der Waals surface area (Å²) in [4.78, 5) is 11.5. The van der Waals surface area contributed by atoms with Crippen molar-refractivity contribution in [3.63, 3.8) is 0 Å². The molecule has 1 rings (SSSR count). The van der Waals surface area contributed by atoms with Gasteiger partial charge in [-0.25, -0.2) is 0 Å². The first-order chi connectivity index (χ1) is 7.09. The number of carbonyl (C=O) groups is 1. The van der Waals surface area contributed by atoms with Crippen LogP contribution in [0.5, 0.6) is 0 Å². The van der Waals surface area contributed by atoms with Crippen LogP contribution in [0.1, 0.15) is 39.0 Å². The molecule has 0 aromatic carbocycles. The molecule has 0 spiro atoms. The second-order valence-corrected chi connectivity index (χ2v) is 4.57. The number of amides is 1. The molecule has 15 heavy (non-hydrogen) atoms. The number of rotatable bonds is 6. The second kappa shape index (κ2) is 5.47. The fourth-order valence-electron chi connectivity index (χ4n) is 1.75. The van der Waals surface area contributed by atoms with Crippen LogP contribution in [0.2, 0.25) is 0 Å². The number of aliphatic hydroxyl groups is 1. The first kappa shape index (κ1) is 12.5. The summed E-state index contributed by atoms with van der Waals surface area (Å²) in [5.74, 6) is 0.272. The van der Waals surface area contributed by atoms with Crippen LogP contribution in [0, 0.1) is 5.92 Å². The molecule has 1 aliphatic carbocycles. The topological polar surface area (TPSA) is 75.4 Å². The largest absolute Gasteiger partial charge is 0.388 e. The van der Waals surface area contributed by atoms with Gasteiger partial charge in [0, 0.05) is 13.0 Å². The van der Waals surface area contributed by atoms with Crippen molar-refractivity contribution in [3.8, 4) is 0 Å². The fourth-order valence-corrected chi connectivity index (χ4v) is 1.75. The monoisotopic (exact) mass is 214 g/mol. The summed E-state index contributed by atoms with van der Waals surface area (Å²) in [6, 6.07) is 0. The molecule has 0 radical (unpaired) electrons. The minimum atomic E-state index is -0.625. The molecular formula is C11H22N2O2. The van der Waals surface area contributed by atoms with Gasteiger partial charge >= 0.3 is 0 Å². The number of hydrogen-bond acceptors (Lipinski definition) is 3. The van der Waals surface area contributed by atoms with E-state index in [2.05, 4.69) is 5.32 Å². The predicted octanol–water partition coefficient (Wildman–Crippen LogP) is 0.393. The van der Waals surface area contributed by atoms with Gasteiger partial charge in [0.25, 0.3) is 0 Å². The number of nitrogens with one attached hydrogen (secondary N) is 1. The SMILES string of the molecule is CCC(CN)CC(=O)NCC1(O)CCC1. The van der Waals surface area contributed by atoms with E-state index in [1.807, 2.05) is 6.92 Å². The number of carbonyl (C=O) groups excluding carboxylic acids is 1. The normalized spacial score (nSPS) is 20.5. The van der Waals surface area contributed by atoms with E-state index in [4.69, 9.17) is 5.73 Å². The average Bonchev–Trinajstić information content (AvgIpc) is 2.20. The Bertz CT molecular complexity index is 211. The third-order valence-corrected chi connectivity index (χ3v) is 3.28. The predicted molar refractivity (Wildman–Crippen MR) is 59.3 cm³/mol. The van der Waals surface area contributed by atoms with Crippen molar-refractivity contribution in [1.29, 1.82) is 0 Å². The van der Waals surface area contributed by atoms with E-state index in [9.17, 15) is 9.90 Å². The molecule has 1 fully saturated rings. The lowest BCUT2D eigenvalue weighted by atomic mass is 9.80. The highest BCUT2D eigenvalue weighted by Gasteiger charge is 2.34. The summed E-state index contributed by atoms with van der Waals surface area (Å²) in [6.45, 7) is 2.98. The Morgan fingerprint density at radius 3 is 2.67 bits per heavy atom. The Hall–Kier alpha value is -0.610. The van der Waals surface area contributed by atoms with Crippen molar-refractivity contribution in [2.45, 2.75) is 44.6 Å². The van der Waals surface area contributed by atoms with Gasteiger partial charge in [-0.3, -0.25) is 4.79 Å². The molecule has 4 nitrogen and oxygen atoms in total. The second-order valence-electron chi connectivity index (χ2n) is 4.57. The van der Waals surface area contributed by atoms with Gasteiger partial charge in [0.05, 0.1) is 5.60 Å². The molecule has 0 bridgehead atoms. The van der Waals surface area contributed by atoms with Crippen molar-refractivity contribution in [1.82, 2.24) is 5.32 Å². The number of hydrogen-bond donors (Lipinski definition) is 3. The van der Waals surface area contributed by atoms with Crippen LogP contribution in [-0.4, -0.2) is 29.7 Å². The van der Waals surface area contributed by atoms with Crippen molar-refractivity contribution in [2.24, 2.45) is 11.7 Å². The lowest BCUT2D eigenvalue weighted by molar-refractivity contribution is -0.124. The van der Waals surface area contributed by atoms with Crippen LogP contribution in [0.15, 0.2) is 0 Å².